The Labute approximate surface area is 205 Å². The molecule has 2 amide bonds. The fourth-order valence-electron chi connectivity index (χ4n) is 3.41. The number of sulfone groups is 1. The van der Waals surface area contributed by atoms with E-state index in [2.05, 4.69) is 5.32 Å². The first-order valence-corrected chi connectivity index (χ1v) is 12.9. The van der Waals surface area contributed by atoms with Crippen LogP contribution < -0.4 is 5.32 Å². The van der Waals surface area contributed by atoms with Crippen LogP contribution in [0.25, 0.3) is 0 Å². The summed E-state index contributed by atoms with van der Waals surface area (Å²) in [6.45, 7) is 3.54. The molecule has 8 heteroatoms. The lowest BCUT2D eigenvalue weighted by Gasteiger charge is -2.25. The van der Waals surface area contributed by atoms with Gasteiger partial charge in [0.2, 0.25) is 5.91 Å². The highest BCUT2D eigenvalue weighted by atomic mass is 35.5. The van der Waals surface area contributed by atoms with Crippen molar-refractivity contribution in [3.8, 4) is 0 Å². The number of nitrogens with zero attached hydrogens (tertiary/aromatic N) is 1. The molecule has 3 rings (SSSR count). The Morgan fingerprint density at radius 3 is 2.09 bits per heavy atom. The minimum atomic E-state index is -3.27. The van der Waals surface area contributed by atoms with Crippen molar-refractivity contribution in [3.63, 3.8) is 0 Å². The van der Waals surface area contributed by atoms with E-state index in [1.54, 1.807) is 67.4 Å². The number of carbonyl (C=O) groups is 2. The van der Waals surface area contributed by atoms with Crippen molar-refractivity contribution in [1.29, 1.82) is 0 Å². The summed E-state index contributed by atoms with van der Waals surface area (Å²) in [5.41, 5.74) is 2.76. The van der Waals surface area contributed by atoms with E-state index in [0.29, 0.717) is 21.8 Å². The Hall–Kier alpha value is -3.16. The van der Waals surface area contributed by atoms with Gasteiger partial charge in [-0.1, -0.05) is 42.8 Å². The summed E-state index contributed by atoms with van der Waals surface area (Å²) in [6, 6.07) is 20.3. The Balaban J connectivity index is 1.60. The molecule has 1 atom stereocenters. The first-order chi connectivity index (χ1) is 16.1. The van der Waals surface area contributed by atoms with E-state index in [4.69, 9.17) is 11.6 Å². The maximum atomic E-state index is 12.9. The quantitative estimate of drug-likeness (QED) is 0.465. The lowest BCUT2D eigenvalue weighted by atomic mass is 10.1. The van der Waals surface area contributed by atoms with Crippen molar-refractivity contribution in [3.05, 3.63) is 94.5 Å². The van der Waals surface area contributed by atoms with Gasteiger partial charge in [-0.05, 0) is 66.6 Å². The molecule has 0 aliphatic rings. The molecule has 0 radical (unpaired) electrons. The van der Waals surface area contributed by atoms with Crippen molar-refractivity contribution >= 4 is 38.9 Å². The third-order valence-corrected chi connectivity index (χ3v) is 7.70. The van der Waals surface area contributed by atoms with Gasteiger partial charge in [-0.25, -0.2) is 8.42 Å². The monoisotopic (exact) mass is 498 g/mol. The van der Waals surface area contributed by atoms with Gasteiger partial charge in [0.05, 0.1) is 23.1 Å². The number of carbonyl (C=O) groups excluding carboxylic acids is 2. The molecule has 0 bridgehead atoms. The Kier molecular flexibility index (Phi) is 8.12. The van der Waals surface area contributed by atoms with Crippen LogP contribution in [0.5, 0.6) is 0 Å². The molecule has 0 saturated heterocycles. The number of rotatable bonds is 8. The van der Waals surface area contributed by atoms with Gasteiger partial charge in [0.1, 0.15) is 0 Å². The summed E-state index contributed by atoms with van der Waals surface area (Å²) in [7, 11) is -1.52. The summed E-state index contributed by atoms with van der Waals surface area (Å²) in [4.78, 5) is 27.2. The van der Waals surface area contributed by atoms with Crippen molar-refractivity contribution in [2.24, 2.45) is 0 Å². The molecule has 1 unspecified atom stereocenters. The standard InChI is InChI=1S/C26H27ClN2O4S/c1-4-34(32,33)24-15-5-19(6-16-24)17-25(30)28-23-13-9-21(10-14-23)26(31)29(3)18(2)20-7-11-22(27)12-8-20/h5-16,18H,4,17H2,1-3H3,(H,28,30). The maximum absolute atomic E-state index is 12.9. The Morgan fingerprint density at radius 2 is 1.53 bits per heavy atom. The van der Waals surface area contributed by atoms with E-state index in [0.717, 1.165) is 5.56 Å². The van der Waals surface area contributed by atoms with Gasteiger partial charge in [0, 0.05) is 23.3 Å². The van der Waals surface area contributed by atoms with Crippen molar-refractivity contribution in [1.82, 2.24) is 4.90 Å². The van der Waals surface area contributed by atoms with Gasteiger partial charge in [0.15, 0.2) is 9.84 Å². The van der Waals surface area contributed by atoms with E-state index in [1.807, 2.05) is 19.1 Å². The summed E-state index contributed by atoms with van der Waals surface area (Å²) in [5, 5.41) is 3.44. The molecule has 0 fully saturated rings. The zero-order valence-corrected chi connectivity index (χ0v) is 20.9. The van der Waals surface area contributed by atoms with Gasteiger partial charge >= 0.3 is 0 Å². The molecule has 0 aliphatic heterocycles. The number of halogens is 1. The van der Waals surface area contributed by atoms with E-state index >= 15 is 0 Å². The number of hydrogen-bond acceptors (Lipinski definition) is 4. The molecule has 0 saturated carbocycles. The van der Waals surface area contributed by atoms with E-state index in [9.17, 15) is 18.0 Å². The molecule has 1 N–H and O–H groups in total. The van der Waals surface area contributed by atoms with Crippen LogP contribution in [0, 0.1) is 0 Å². The van der Waals surface area contributed by atoms with Crippen LogP contribution in [-0.4, -0.2) is 37.9 Å². The van der Waals surface area contributed by atoms with E-state index in [-0.39, 0.29) is 34.9 Å². The predicted molar refractivity (Wildman–Crippen MR) is 135 cm³/mol. The average Bonchev–Trinajstić information content (AvgIpc) is 2.84. The van der Waals surface area contributed by atoms with Crippen molar-refractivity contribution < 1.29 is 18.0 Å². The first-order valence-electron chi connectivity index (χ1n) is 10.8. The Morgan fingerprint density at radius 1 is 0.941 bits per heavy atom. The third-order valence-electron chi connectivity index (χ3n) is 5.70. The predicted octanol–water partition coefficient (Wildman–Crippen LogP) is 5.15. The van der Waals surface area contributed by atoms with Crippen LogP contribution in [0.1, 0.15) is 41.4 Å². The smallest absolute Gasteiger partial charge is 0.254 e. The topological polar surface area (TPSA) is 83.5 Å². The minimum absolute atomic E-state index is 0.0289. The second-order valence-corrected chi connectivity index (χ2v) is 10.7. The van der Waals surface area contributed by atoms with Crippen LogP contribution in [0.3, 0.4) is 0 Å². The number of hydrogen-bond donors (Lipinski definition) is 1. The molecule has 6 nitrogen and oxygen atoms in total. The van der Waals surface area contributed by atoms with Crippen LogP contribution in [0.2, 0.25) is 5.02 Å². The summed E-state index contributed by atoms with van der Waals surface area (Å²) in [6.07, 6.45) is 0.106. The van der Waals surface area contributed by atoms with E-state index < -0.39 is 9.84 Å². The molecule has 3 aromatic rings. The molecule has 3 aromatic carbocycles. The molecular formula is C26H27ClN2O4S. The third kappa shape index (κ3) is 6.24. The van der Waals surface area contributed by atoms with Crippen molar-refractivity contribution in [2.45, 2.75) is 31.2 Å². The molecule has 178 valence electrons. The van der Waals surface area contributed by atoms with Gasteiger partial charge in [-0.3, -0.25) is 9.59 Å². The molecule has 0 heterocycles. The number of benzene rings is 3. The fraction of sp³-hybridized carbons (Fsp3) is 0.231. The highest BCUT2D eigenvalue weighted by Crippen LogP contribution is 2.23. The average molecular weight is 499 g/mol. The van der Waals surface area contributed by atoms with Crippen LogP contribution in [-0.2, 0) is 21.1 Å². The highest BCUT2D eigenvalue weighted by Gasteiger charge is 2.19. The van der Waals surface area contributed by atoms with E-state index in [1.165, 1.54) is 12.1 Å². The molecule has 0 aromatic heterocycles. The van der Waals surface area contributed by atoms with Gasteiger partial charge in [-0.15, -0.1) is 0 Å². The van der Waals surface area contributed by atoms with Crippen molar-refractivity contribution in [2.75, 3.05) is 18.1 Å². The zero-order valence-electron chi connectivity index (χ0n) is 19.3. The molecule has 34 heavy (non-hydrogen) atoms. The van der Waals surface area contributed by atoms with Gasteiger partial charge in [-0.2, -0.15) is 0 Å². The van der Waals surface area contributed by atoms with Crippen LogP contribution >= 0.6 is 11.6 Å². The largest absolute Gasteiger partial charge is 0.335 e. The van der Waals surface area contributed by atoms with Crippen LogP contribution in [0.15, 0.2) is 77.7 Å². The normalized spacial score (nSPS) is 12.1. The van der Waals surface area contributed by atoms with Gasteiger partial charge in [0.25, 0.3) is 5.91 Å². The molecule has 0 aliphatic carbocycles. The number of nitrogens with one attached hydrogen (secondary N) is 1. The second-order valence-electron chi connectivity index (χ2n) is 7.99. The minimum Gasteiger partial charge on any atom is -0.335 e. The SMILES string of the molecule is CCS(=O)(=O)c1ccc(CC(=O)Nc2ccc(C(=O)N(C)C(C)c3ccc(Cl)cc3)cc2)cc1. The summed E-state index contributed by atoms with van der Waals surface area (Å²) in [5.74, 6) is -0.345. The summed E-state index contributed by atoms with van der Waals surface area (Å²) < 4.78 is 23.8. The first kappa shape index (κ1) is 25.5. The molecule has 0 spiro atoms. The van der Waals surface area contributed by atoms with Gasteiger partial charge < -0.3 is 10.2 Å². The van der Waals surface area contributed by atoms with Crippen LogP contribution in [0.4, 0.5) is 5.69 Å². The highest BCUT2D eigenvalue weighted by molar-refractivity contribution is 7.91. The lowest BCUT2D eigenvalue weighted by Crippen LogP contribution is -2.29. The number of amides is 2. The number of anilines is 1. The lowest BCUT2D eigenvalue weighted by molar-refractivity contribution is -0.115. The Bertz CT molecular complexity index is 1260. The zero-order chi connectivity index (χ0) is 24.9. The second kappa shape index (κ2) is 10.8. The fourth-order valence-corrected chi connectivity index (χ4v) is 4.42. The molecular weight excluding hydrogens is 472 g/mol. The maximum Gasteiger partial charge on any atom is 0.254 e. The summed E-state index contributed by atoms with van der Waals surface area (Å²) >= 11 is 5.95.